The third-order valence-corrected chi connectivity index (χ3v) is 9.61. The largest absolute Gasteiger partial charge is 0.463 e. The van der Waals surface area contributed by atoms with Crippen LogP contribution >= 0.6 is 0 Å². The van der Waals surface area contributed by atoms with Gasteiger partial charge < -0.3 is 34.4 Å². The number of aliphatic hydroxyl groups excluding tert-OH is 1. The van der Waals surface area contributed by atoms with Crippen molar-refractivity contribution in [2.45, 2.75) is 49.5 Å². The molecule has 3 amide bonds. The van der Waals surface area contributed by atoms with E-state index in [1.807, 2.05) is 30.3 Å². The summed E-state index contributed by atoms with van der Waals surface area (Å²) >= 11 is 0. The first-order valence-corrected chi connectivity index (χ1v) is 16.3. The lowest BCUT2D eigenvalue weighted by atomic mass is 9.70. The Bertz CT molecular complexity index is 1270. The van der Waals surface area contributed by atoms with E-state index < -0.39 is 47.5 Å². The highest BCUT2D eigenvalue weighted by Gasteiger charge is 2.74. The average Bonchev–Trinajstić information content (AvgIpc) is 3.72. The molecule has 6 atom stereocenters. The molecule has 12 heteroatoms. The number of β-amino-alcohol motifs (C(OH)–C–C–N with tert-alkyl or cyclic N) is 1. The molecule has 4 aliphatic rings. The van der Waals surface area contributed by atoms with Crippen molar-refractivity contribution in [2.75, 3.05) is 65.7 Å². The summed E-state index contributed by atoms with van der Waals surface area (Å²) in [6.45, 7) is 11.2. The summed E-state index contributed by atoms with van der Waals surface area (Å²) in [6.07, 6.45) is 4.38. The Kier molecular flexibility index (Phi) is 11.3. The van der Waals surface area contributed by atoms with Gasteiger partial charge in [-0.3, -0.25) is 24.1 Å². The number of ether oxygens (including phenoxy) is 3. The number of nitrogens with one attached hydrogen (secondary N) is 1. The van der Waals surface area contributed by atoms with Gasteiger partial charge in [-0.25, -0.2) is 0 Å². The molecule has 1 spiro atoms. The summed E-state index contributed by atoms with van der Waals surface area (Å²) in [5.41, 5.74) is -0.437. The molecule has 0 aromatic heterocycles. The van der Waals surface area contributed by atoms with Crippen molar-refractivity contribution in [3.63, 3.8) is 0 Å². The van der Waals surface area contributed by atoms with Crippen LogP contribution in [0.2, 0.25) is 0 Å². The number of benzene rings is 1. The van der Waals surface area contributed by atoms with Gasteiger partial charge in [-0.2, -0.15) is 0 Å². The number of amides is 3. The standard InChI is InChI=1S/C34H46N4O8/c1-3-5-11-27(40)45-23-25(24-9-7-6-8-10-24)35-31(41)28-26-12-13-34(46-26)29(28)32(42)38(17-20-39)30(34)33(43)37(14-4-2)16-15-36-18-21-44-22-19-36/h3-4,6-10,25-26,28-30,39H,1-2,5,11-23H2,(H,35,41)/t25-,26-,28+,29+,30-,34+/m1/s1. The monoisotopic (exact) mass is 638 g/mol. The summed E-state index contributed by atoms with van der Waals surface area (Å²) in [4.78, 5) is 60.2. The number of allylic oxidation sites excluding steroid dienone is 1. The van der Waals surface area contributed by atoms with Gasteiger partial charge in [-0.05, 0) is 24.8 Å². The van der Waals surface area contributed by atoms with Gasteiger partial charge in [0.05, 0.1) is 43.8 Å². The highest BCUT2D eigenvalue weighted by atomic mass is 16.5. The number of carbonyl (C=O) groups is 4. The lowest BCUT2D eigenvalue weighted by molar-refractivity contribution is -0.148. The average molecular weight is 639 g/mol. The second kappa shape index (κ2) is 15.3. The first kappa shape index (κ1) is 33.8. The van der Waals surface area contributed by atoms with Crippen LogP contribution in [0, 0.1) is 11.8 Å². The highest BCUT2D eigenvalue weighted by molar-refractivity contribution is 5.99. The SMILES string of the molecule is C=CCCC(=O)OC[C@@H](NC(=O)[C@@H]1[C@H]2C(=O)N(CCO)[C@H](C(=O)N(CC=C)CCN3CCOCC3)[C@]23CC[C@H]1O3)c1ccccc1. The number of nitrogens with zero attached hydrogens (tertiary/aromatic N) is 3. The molecule has 1 aromatic carbocycles. The van der Waals surface area contributed by atoms with E-state index in [0.29, 0.717) is 52.1 Å². The molecule has 46 heavy (non-hydrogen) atoms. The van der Waals surface area contributed by atoms with E-state index in [1.165, 1.54) is 4.90 Å². The van der Waals surface area contributed by atoms with Crippen LogP contribution in [0.5, 0.6) is 0 Å². The van der Waals surface area contributed by atoms with E-state index in [9.17, 15) is 24.3 Å². The van der Waals surface area contributed by atoms with Gasteiger partial charge in [0.1, 0.15) is 18.2 Å². The summed E-state index contributed by atoms with van der Waals surface area (Å²) in [5, 5.41) is 13.0. The van der Waals surface area contributed by atoms with Crippen LogP contribution in [0.1, 0.15) is 37.3 Å². The minimum atomic E-state index is -1.19. The maximum atomic E-state index is 14.4. The third-order valence-electron chi connectivity index (χ3n) is 9.61. The van der Waals surface area contributed by atoms with Gasteiger partial charge >= 0.3 is 5.97 Å². The van der Waals surface area contributed by atoms with Crippen molar-refractivity contribution < 1.29 is 38.5 Å². The summed E-state index contributed by atoms with van der Waals surface area (Å²) < 4.78 is 17.5. The number of morpholine rings is 1. The molecule has 0 aliphatic carbocycles. The molecule has 4 aliphatic heterocycles. The molecule has 4 heterocycles. The van der Waals surface area contributed by atoms with Crippen LogP contribution in [0.3, 0.4) is 0 Å². The number of hydrogen-bond acceptors (Lipinski definition) is 9. The van der Waals surface area contributed by atoms with Crippen LogP contribution < -0.4 is 5.32 Å². The Morgan fingerprint density at radius 2 is 1.91 bits per heavy atom. The van der Waals surface area contributed by atoms with Crippen LogP contribution in [0.25, 0.3) is 0 Å². The number of carbonyl (C=O) groups excluding carboxylic acids is 4. The van der Waals surface area contributed by atoms with Crippen molar-refractivity contribution >= 4 is 23.7 Å². The fourth-order valence-corrected chi connectivity index (χ4v) is 7.43. The summed E-state index contributed by atoms with van der Waals surface area (Å²) in [5.74, 6) is -3.16. The second-order valence-electron chi connectivity index (χ2n) is 12.3. The van der Waals surface area contributed by atoms with Gasteiger partial charge in [0.25, 0.3) is 0 Å². The Balaban J connectivity index is 1.36. The normalized spacial score (nSPS) is 27.6. The van der Waals surface area contributed by atoms with Crippen molar-refractivity contribution in [1.82, 2.24) is 20.0 Å². The van der Waals surface area contributed by atoms with Crippen molar-refractivity contribution in [3.8, 4) is 0 Å². The lowest BCUT2D eigenvalue weighted by Crippen LogP contribution is -2.57. The van der Waals surface area contributed by atoms with Gasteiger partial charge in [-0.1, -0.05) is 42.5 Å². The Morgan fingerprint density at radius 3 is 2.61 bits per heavy atom. The molecule has 2 N–H and O–H groups in total. The van der Waals surface area contributed by atoms with Crippen LogP contribution in [0.15, 0.2) is 55.6 Å². The first-order valence-electron chi connectivity index (χ1n) is 16.3. The van der Waals surface area contributed by atoms with E-state index in [4.69, 9.17) is 14.2 Å². The molecule has 5 rings (SSSR count). The molecule has 1 aromatic rings. The summed E-state index contributed by atoms with van der Waals surface area (Å²) in [6, 6.07) is 7.58. The molecule has 0 radical (unpaired) electrons. The zero-order valence-corrected chi connectivity index (χ0v) is 26.4. The number of esters is 1. The van der Waals surface area contributed by atoms with Gasteiger partial charge in [-0.15, -0.1) is 13.2 Å². The molecule has 250 valence electrons. The van der Waals surface area contributed by atoms with Crippen LogP contribution in [0.4, 0.5) is 0 Å². The van der Waals surface area contributed by atoms with E-state index in [2.05, 4.69) is 23.4 Å². The van der Waals surface area contributed by atoms with E-state index in [-0.39, 0.29) is 38.0 Å². The zero-order chi connectivity index (χ0) is 32.7. The van der Waals surface area contributed by atoms with Gasteiger partial charge in [0.15, 0.2) is 0 Å². The summed E-state index contributed by atoms with van der Waals surface area (Å²) in [7, 11) is 0. The van der Waals surface area contributed by atoms with Crippen LogP contribution in [-0.2, 0) is 33.4 Å². The molecule has 0 saturated carbocycles. The number of hydrogen-bond donors (Lipinski definition) is 2. The van der Waals surface area contributed by atoms with E-state index in [1.54, 1.807) is 17.1 Å². The molecule has 2 bridgehead atoms. The molecular weight excluding hydrogens is 592 g/mol. The fourth-order valence-electron chi connectivity index (χ4n) is 7.43. The number of likely N-dealkylation sites (tertiary alicyclic amines) is 1. The van der Waals surface area contributed by atoms with E-state index in [0.717, 1.165) is 18.7 Å². The smallest absolute Gasteiger partial charge is 0.306 e. The van der Waals surface area contributed by atoms with Crippen LogP contribution in [-0.4, -0.2) is 127 Å². The zero-order valence-electron chi connectivity index (χ0n) is 26.4. The van der Waals surface area contributed by atoms with Gasteiger partial charge in [0.2, 0.25) is 17.7 Å². The number of aliphatic hydroxyl groups is 1. The third kappa shape index (κ3) is 6.90. The quantitative estimate of drug-likeness (QED) is 0.201. The topological polar surface area (TPSA) is 138 Å². The second-order valence-corrected chi connectivity index (χ2v) is 12.3. The Morgan fingerprint density at radius 1 is 1.15 bits per heavy atom. The number of rotatable bonds is 16. The fraction of sp³-hybridized carbons (Fsp3) is 0.588. The highest BCUT2D eigenvalue weighted by Crippen LogP contribution is 2.58. The molecule has 4 fully saturated rings. The minimum absolute atomic E-state index is 0.0471. The maximum Gasteiger partial charge on any atom is 0.306 e. The molecule has 4 saturated heterocycles. The van der Waals surface area contributed by atoms with Crippen molar-refractivity contribution in [3.05, 3.63) is 61.2 Å². The molecular formula is C34H46N4O8. The minimum Gasteiger partial charge on any atom is -0.463 e. The molecule has 12 nitrogen and oxygen atoms in total. The van der Waals surface area contributed by atoms with Crippen molar-refractivity contribution in [2.24, 2.45) is 11.8 Å². The predicted octanol–water partition coefficient (Wildman–Crippen LogP) is 1.07. The Hall–Kier alpha value is -3.58. The van der Waals surface area contributed by atoms with Gasteiger partial charge in [0, 0.05) is 45.7 Å². The first-order chi connectivity index (χ1) is 22.3. The van der Waals surface area contributed by atoms with Crippen molar-refractivity contribution in [1.29, 1.82) is 0 Å². The Labute approximate surface area is 270 Å². The van der Waals surface area contributed by atoms with E-state index >= 15 is 0 Å². The molecule has 0 unspecified atom stereocenters. The number of fused-ring (bicyclic) bond motifs is 1. The maximum absolute atomic E-state index is 14.4. The predicted molar refractivity (Wildman–Crippen MR) is 168 cm³/mol. The lowest BCUT2D eigenvalue weighted by Gasteiger charge is -2.37.